The van der Waals surface area contributed by atoms with Crippen molar-refractivity contribution in [3.8, 4) is 5.75 Å². The fraction of sp³-hybridized carbons (Fsp3) is 0.0909. The minimum atomic E-state index is -0.701. The van der Waals surface area contributed by atoms with Crippen molar-refractivity contribution in [1.82, 2.24) is 20.0 Å². The van der Waals surface area contributed by atoms with Gasteiger partial charge in [-0.3, -0.25) is 15.1 Å². The SMILES string of the molecule is O=C(N=Nc1ccc([N+](=O)[O-])cc1)Nc1cccc(OCc2cn(Cc3ccccn3)nn2)c1. The summed E-state index contributed by atoms with van der Waals surface area (Å²) in [5.41, 5.74) is 2.21. The van der Waals surface area contributed by atoms with Crippen LogP contribution in [0.3, 0.4) is 0 Å². The number of urea groups is 1. The van der Waals surface area contributed by atoms with E-state index in [4.69, 9.17) is 4.74 Å². The quantitative estimate of drug-likeness (QED) is 0.231. The van der Waals surface area contributed by atoms with Gasteiger partial charge in [-0.25, -0.2) is 9.48 Å². The van der Waals surface area contributed by atoms with E-state index in [1.54, 1.807) is 41.3 Å². The number of carbonyl (C=O) groups is 1. The van der Waals surface area contributed by atoms with Crippen molar-refractivity contribution >= 4 is 23.1 Å². The molecular weight excluding hydrogens is 440 g/mol. The lowest BCUT2D eigenvalue weighted by molar-refractivity contribution is -0.384. The van der Waals surface area contributed by atoms with Crippen LogP contribution in [0.5, 0.6) is 5.75 Å². The average molecular weight is 458 g/mol. The summed E-state index contributed by atoms with van der Waals surface area (Å²) in [5.74, 6) is 0.518. The van der Waals surface area contributed by atoms with Crippen molar-refractivity contribution in [2.75, 3.05) is 5.32 Å². The van der Waals surface area contributed by atoms with Gasteiger partial charge in [0.05, 0.1) is 29.0 Å². The highest BCUT2D eigenvalue weighted by atomic mass is 16.6. The molecule has 0 aliphatic heterocycles. The summed E-state index contributed by atoms with van der Waals surface area (Å²) in [4.78, 5) is 26.5. The molecule has 0 fully saturated rings. The van der Waals surface area contributed by atoms with Gasteiger partial charge in [0.1, 0.15) is 18.1 Å². The lowest BCUT2D eigenvalue weighted by atomic mass is 10.3. The molecule has 2 amide bonds. The van der Waals surface area contributed by atoms with E-state index in [-0.39, 0.29) is 12.3 Å². The second kappa shape index (κ2) is 10.5. The zero-order valence-corrected chi connectivity index (χ0v) is 17.7. The van der Waals surface area contributed by atoms with Crippen molar-refractivity contribution in [2.24, 2.45) is 10.2 Å². The van der Waals surface area contributed by atoms with Crippen LogP contribution in [-0.4, -0.2) is 30.9 Å². The predicted octanol–water partition coefficient (Wildman–Crippen LogP) is 4.52. The second-order valence-corrected chi connectivity index (χ2v) is 6.95. The number of rotatable bonds is 8. The van der Waals surface area contributed by atoms with E-state index >= 15 is 0 Å². The molecule has 0 aliphatic carbocycles. The molecule has 2 heterocycles. The predicted molar refractivity (Wildman–Crippen MR) is 121 cm³/mol. The van der Waals surface area contributed by atoms with Gasteiger partial charge in [-0.15, -0.1) is 10.2 Å². The van der Waals surface area contributed by atoms with Crippen molar-refractivity contribution in [1.29, 1.82) is 0 Å². The number of nitro groups is 1. The van der Waals surface area contributed by atoms with Gasteiger partial charge in [-0.2, -0.15) is 0 Å². The number of hydrogen-bond acceptors (Lipinski definition) is 8. The number of aromatic nitrogens is 4. The molecule has 4 aromatic rings. The Morgan fingerprint density at radius 1 is 1.09 bits per heavy atom. The third kappa shape index (κ3) is 6.26. The molecule has 0 saturated heterocycles. The van der Waals surface area contributed by atoms with E-state index in [0.29, 0.717) is 29.4 Å². The second-order valence-electron chi connectivity index (χ2n) is 6.95. The largest absolute Gasteiger partial charge is 0.487 e. The van der Waals surface area contributed by atoms with E-state index in [1.807, 2.05) is 18.2 Å². The van der Waals surface area contributed by atoms with Crippen LogP contribution in [-0.2, 0) is 13.2 Å². The maximum atomic E-state index is 12.1. The molecule has 0 atom stereocenters. The van der Waals surface area contributed by atoms with E-state index < -0.39 is 11.0 Å². The standard InChI is InChI=1S/C22H18N8O4/c31-22(27-25-16-7-9-20(10-8-16)30(32)33)24-17-5-3-6-21(12-17)34-15-19-14-29(28-26-19)13-18-4-1-2-11-23-18/h1-12,14H,13,15H2,(H,24,31). The third-order valence-electron chi connectivity index (χ3n) is 4.43. The Balaban J connectivity index is 1.29. The Morgan fingerprint density at radius 3 is 2.71 bits per heavy atom. The zero-order valence-electron chi connectivity index (χ0n) is 17.7. The van der Waals surface area contributed by atoms with Crippen LogP contribution >= 0.6 is 0 Å². The Morgan fingerprint density at radius 2 is 1.94 bits per heavy atom. The van der Waals surface area contributed by atoms with Crippen LogP contribution in [0, 0.1) is 10.1 Å². The van der Waals surface area contributed by atoms with E-state index in [0.717, 1.165) is 5.69 Å². The molecular formula is C22H18N8O4. The molecule has 2 aromatic heterocycles. The van der Waals surface area contributed by atoms with E-state index in [2.05, 4.69) is 30.8 Å². The van der Waals surface area contributed by atoms with Crippen LogP contribution < -0.4 is 10.1 Å². The number of pyridine rings is 1. The lowest BCUT2D eigenvalue weighted by Gasteiger charge is -2.06. The normalized spacial score (nSPS) is 10.8. The highest BCUT2D eigenvalue weighted by Gasteiger charge is 2.07. The Labute approximate surface area is 193 Å². The highest BCUT2D eigenvalue weighted by molar-refractivity contribution is 5.89. The summed E-state index contributed by atoms with van der Waals surface area (Å²) in [6.45, 7) is 0.698. The molecule has 0 spiro atoms. The number of azo groups is 1. The minimum absolute atomic E-state index is 0.0732. The molecule has 12 heteroatoms. The molecule has 34 heavy (non-hydrogen) atoms. The number of ether oxygens (including phenoxy) is 1. The van der Waals surface area contributed by atoms with E-state index in [1.165, 1.54) is 24.3 Å². The van der Waals surface area contributed by atoms with Gasteiger partial charge < -0.3 is 10.1 Å². The first-order valence-electron chi connectivity index (χ1n) is 10.0. The minimum Gasteiger partial charge on any atom is -0.487 e. The van der Waals surface area contributed by atoms with Crippen LogP contribution in [0.1, 0.15) is 11.4 Å². The summed E-state index contributed by atoms with van der Waals surface area (Å²) < 4.78 is 7.42. The lowest BCUT2D eigenvalue weighted by Crippen LogP contribution is -2.05. The van der Waals surface area contributed by atoms with Crippen molar-refractivity contribution in [3.63, 3.8) is 0 Å². The van der Waals surface area contributed by atoms with Gasteiger partial charge in [-0.1, -0.05) is 22.5 Å². The highest BCUT2D eigenvalue weighted by Crippen LogP contribution is 2.20. The molecule has 0 radical (unpaired) electrons. The van der Waals surface area contributed by atoms with Gasteiger partial charge in [0, 0.05) is 30.1 Å². The fourth-order valence-corrected chi connectivity index (χ4v) is 2.85. The molecule has 2 aromatic carbocycles. The number of nitrogens with zero attached hydrogens (tertiary/aromatic N) is 7. The molecule has 0 saturated carbocycles. The van der Waals surface area contributed by atoms with Crippen LogP contribution in [0.15, 0.2) is 89.4 Å². The van der Waals surface area contributed by atoms with E-state index in [9.17, 15) is 14.9 Å². The van der Waals surface area contributed by atoms with Gasteiger partial charge in [0.15, 0.2) is 0 Å². The summed E-state index contributed by atoms with van der Waals surface area (Å²) >= 11 is 0. The number of non-ortho nitro benzene ring substituents is 1. The molecule has 0 aliphatic rings. The number of anilines is 1. The Bertz CT molecular complexity index is 1310. The van der Waals surface area contributed by atoms with Crippen LogP contribution in [0.25, 0.3) is 0 Å². The van der Waals surface area contributed by atoms with Crippen molar-refractivity contribution in [2.45, 2.75) is 13.2 Å². The van der Waals surface area contributed by atoms with Crippen LogP contribution in [0.4, 0.5) is 21.9 Å². The Hall–Kier alpha value is -5.00. The number of nitro benzene ring substituents is 1. The molecule has 0 bridgehead atoms. The molecule has 1 N–H and O–H groups in total. The topological polar surface area (TPSA) is 150 Å². The summed E-state index contributed by atoms with van der Waals surface area (Å²) in [6, 6.07) is 17.1. The first-order chi connectivity index (χ1) is 16.5. The monoisotopic (exact) mass is 458 g/mol. The summed E-state index contributed by atoms with van der Waals surface area (Å²) in [7, 11) is 0. The molecule has 0 unspecified atom stereocenters. The van der Waals surface area contributed by atoms with Crippen LogP contribution in [0.2, 0.25) is 0 Å². The van der Waals surface area contributed by atoms with Crippen molar-refractivity contribution in [3.05, 3.63) is 101 Å². The van der Waals surface area contributed by atoms with Gasteiger partial charge in [-0.05, 0) is 36.4 Å². The molecule has 12 nitrogen and oxygen atoms in total. The number of hydrogen-bond donors (Lipinski definition) is 1. The smallest absolute Gasteiger partial charge is 0.364 e. The summed E-state index contributed by atoms with van der Waals surface area (Å²) in [5, 5.41) is 28.8. The van der Waals surface area contributed by atoms with Gasteiger partial charge in [0.25, 0.3) is 5.69 Å². The number of amides is 2. The zero-order chi connectivity index (χ0) is 23.8. The maximum Gasteiger partial charge on any atom is 0.364 e. The van der Waals surface area contributed by atoms with Crippen molar-refractivity contribution < 1.29 is 14.5 Å². The fourth-order valence-electron chi connectivity index (χ4n) is 2.85. The first-order valence-corrected chi connectivity index (χ1v) is 10.0. The summed E-state index contributed by atoms with van der Waals surface area (Å²) in [6.07, 6.45) is 3.50. The third-order valence-corrected chi connectivity index (χ3v) is 4.43. The molecule has 4 rings (SSSR count). The number of nitrogens with one attached hydrogen (secondary N) is 1. The maximum absolute atomic E-state index is 12.1. The average Bonchev–Trinajstić information content (AvgIpc) is 3.30. The molecule has 170 valence electrons. The first kappa shape index (κ1) is 22.2. The van der Waals surface area contributed by atoms with Gasteiger partial charge >= 0.3 is 6.03 Å². The Kier molecular flexibility index (Phi) is 6.89. The number of carbonyl (C=O) groups excluding carboxylic acids is 1. The van der Waals surface area contributed by atoms with Gasteiger partial charge in [0.2, 0.25) is 0 Å². The number of benzene rings is 2.